The van der Waals surface area contributed by atoms with Gasteiger partial charge in [0.25, 0.3) is 0 Å². The maximum Gasteiger partial charge on any atom is 0.343 e. The van der Waals surface area contributed by atoms with Crippen molar-refractivity contribution in [3.05, 3.63) is 94.6 Å². The Kier molecular flexibility index (Phi) is 4.71. The standard InChI is InChI=1S/C25H15FO6/c1-29-21-7-3-4-14-11-22(32-24(14)21)19-13-23(27)31-20-9-8-17(12-18(19)20)30-25(28)15-5-2-6-16(26)10-15/h2-13H,1H3. The molecule has 2 aromatic heterocycles. The topological polar surface area (TPSA) is 78.9 Å². The Bertz CT molecular complexity index is 1550. The first-order valence-electron chi connectivity index (χ1n) is 9.64. The molecule has 0 aliphatic carbocycles. The van der Waals surface area contributed by atoms with Gasteiger partial charge in [-0.05, 0) is 48.5 Å². The number of fused-ring (bicyclic) bond motifs is 2. The largest absolute Gasteiger partial charge is 0.493 e. The smallest absolute Gasteiger partial charge is 0.343 e. The number of hydrogen-bond donors (Lipinski definition) is 0. The summed E-state index contributed by atoms with van der Waals surface area (Å²) in [5.74, 6) is -0.0594. The molecule has 2 heterocycles. The van der Waals surface area contributed by atoms with Crippen LogP contribution in [0.1, 0.15) is 10.4 Å². The van der Waals surface area contributed by atoms with Gasteiger partial charge in [0.2, 0.25) is 0 Å². The van der Waals surface area contributed by atoms with Crippen LogP contribution in [0.4, 0.5) is 4.39 Å². The zero-order valence-electron chi connectivity index (χ0n) is 16.8. The molecule has 0 N–H and O–H groups in total. The lowest BCUT2D eigenvalue weighted by atomic mass is 10.1. The lowest BCUT2D eigenvalue weighted by molar-refractivity contribution is 0.0734. The second kappa shape index (κ2) is 7.70. The van der Waals surface area contributed by atoms with Crippen LogP contribution >= 0.6 is 0 Å². The van der Waals surface area contributed by atoms with E-state index in [9.17, 15) is 14.0 Å². The Labute approximate surface area is 180 Å². The number of esters is 1. The molecule has 0 atom stereocenters. The van der Waals surface area contributed by atoms with E-state index < -0.39 is 17.4 Å². The number of hydrogen-bond acceptors (Lipinski definition) is 6. The van der Waals surface area contributed by atoms with Crippen LogP contribution in [0.15, 0.2) is 86.4 Å². The third kappa shape index (κ3) is 3.50. The highest BCUT2D eigenvalue weighted by molar-refractivity contribution is 5.97. The van der Waals surface area contributed by atoms with Crippen molar-refractivity contribution in [2.45, 2.75) is 0 Å². The van der Waals surface area contributed by atoms with Gasteiger partial charge in [-0.15, -0.1) is 0 Å². The highest BCUT2D eigenvalue weighted by Gasteiger charge is 2.16. The van der Waals surface area contributed by atoms with Crippen LogP contribution in [0.25, 0.3) is 33.3 Å². The number of benzene rings is 3. The number of carbonyl (C=O) groups is 1. The zero-order chi connectivity index (χ0) is 22.2. The summed E-state index contributed by atoms with van der Waals surface area (Å²) in [5, 5.41) is 1.31. The normalized spacial score (nSPS) is 11.1. The van der Waals surface area contributed by atoms with Crippen molar-refractivity contribution in [3.63, 3.8) is 0 Å². The summed E-state index contributed by atoms with van der Waals surface area (Å²) in [6, 6.07) is 18.4. The third-order valence-electron chi connectivity index (χ3n) is 4.98. The van der Waals surface area contributed by atoms with Crippen molar-refractivity contribution < 1.29 is 27.5 Å². The van der Waals surface area contributed by atoms with Crippen molar-refractivity contribution in [1.82, 2.24) is 0 Å². The number of carbonyl (C=O) groups excluding carboxylic acids is 1. The number of ether oxygens (including phenoxy) is 2. The number of furan rings is 1. The number of halogens is 1. The summed E-state index contributed by atoms with van der Waals surface area (Å²) in [7, 11) is 1.54. The van der Waals surface area contributed by atoms with E-state index in [1.54, 1.807) is 25.3 Å². The molecule has 0 aliphatic rings. The van der Waals surface area contributed by atoms with Crippen molar-refractivity contribution in [2.24, 2.45) is 0 Å². The number of para-hydroxylation sites is 1. The van der Waals surface area contributed by atoms with Gasteiger partial charge in [0.1, 0.15) is 22.9 Å². The fourth-order valence-electron chi connectivity index (χ4n) is 3.52. The van der Waals surface area contributed by atoms with Gasteiger partial charge >= 0.3 is 11.6 Å². The maximum atomic E-state index is 13.4. The van der Waals surface area contributed by atoms with E-state index in [2.05, 4.69) is 0 Å². The number of rotatable bonds is 4. The summed E-state index contributed by atoms with van der Waals surface area (Å²) >= 11 is 0. The molecule has 158 valence electrons. The molecule has 0 fully saturated rings. The van der Waals surface area contributed by atoms with Crippen LogP contribution in [0.2, 0.25) is 0 Å². The minimum Gasteiger partial charge on any atom is -0.493 e. The Morgan fingerprint density at radius 3 is 2.59 bits per heavy atom. The minimum absolute atomic E-state index is 0.0780. The molecular formula is C25H15FO6. The van der Waals surface area contributed by atoms with Crippen LogP contribution in [-0.4, -0.2) is 13.1 Å². The molecule has 7 heteroatoms. The molecule has 0 bridgehead atoms. The highest BCUT2D eigenvalue weighted by atomic mass is 19.1. The summed E-state index contributed by atoms with van der Waals surface area (Å²) in [4.78, 5) is 24.5. The molecule has 0 amide bonds. The van der Waals surface area contributed by atoms with Gasteiger partial charge in [0.15, 0.2) is 11.3 Å². The van der Waals surface area contributed by atoms with E-state index in [1.165, 1.54) is 36.4 Å². The Balaban J connectivity index is 1.60. The van der Waals surface area contributed by atoms with Gasteiger partial charge in [-0.25, -0.2) is 14.0 Å². The SMILES string of the molecule is COc1cccc2cc(-c3cc(=O)oc4ccc(OC(=O)c5cccc(F)c5)cc34)oc12. The molecule has 0 saturated heterocycles. The van der Waals surface area contributed by atoms with Gasteiger partial charge in [-0.3, -0.25) is 0 Å². The van der Waals surface area contributed by atoms with Crippen LogP contribution in [0.3, 0.4) is 0 Å². The average Bonchev–Trinajstić information content (AvgIpc) is 3.23. The van der Waals surface area contributed by atoms with Gasteiger partial charge in [-0.1, -0.05) is 18.2 Å². The lowest BCUT2D eigenvalue weighted by Gasteiger charge is -2.07. The van der Waals surface area contributed by atoms with Gasteiger partial charge in [0.05, 0.1) is 12.7 Å². The van der Waals surface area contributed by atoms with Gasteiger partial charge in [0, 0.05) is 22.4 Å². The molecule has 0 unspecified atom stereocenters. The molecule has 3 aromatic carbocycles. The molecule has 0 saturated carbocycles. The first-order valence-corrected chi connectivity index (χ1v) is 9.64. The lowest BCUT2D eigenvalue weighted by Crippen LogP contribution is -2.08. The second-order valence-corrected chi connectivity index (χ2v) is 7.03. The molecule has 0 aliphatic heterocycles. The first kappa shape index (κ1) is 19.6. The minimum atomic E-state index is -0.712. The molecule has 6 nitrogen and oxygen atoms in total. The van der Waals surface area contributed by atoms with Gasteiger partial charge in [-0.2, -0.15) is 0 Å². The van der Waals surface area contributed by atoms with Crippen LogP contribution in [0.5, 0.6) is 11.5 Å². The summed E-state index contributed by atoms with van der Waals surface area (Å²) in [6.07, 6.45) is 0. The second-order valence-electron chi connectivity index (χ2n) is 7.03. The quantitative estimate of drug-likeness (QED) is 0.211. The Morgan fingerprint density at radius 2 is 1.78 bits per heavy atom. The van der Waals surface area contributed by atoms with Crippen LogP contribution in [0, 0.1) is 5.82 Å². The molecule has 0 radical (unpaired) electrons. The molecule has 32 heavy (non-hydrogen) atoms. The molecular weight excluding hydrogens is 415 g/mol. The molecule has 5 rings (SSSR count). The Hall–Kier alpha value is -4.39. The number of methoxy groups -OCH3 is 1. The van der Waals surface area contributed by atoms with E-state index in [0.717, 1.165) is 11.5 Å². The van der Waals surface area contributed by atoms with E-state index in [4.69, 9.17) is 18.3 Å². The van der Waals surface area contributed by atoms with Crippen molar-refractivity contribution in [3.8, 4) is 22.8 Å². The Morgan fingerprint density at radius 1 is 0.938 bits per heavy atom. The maximum absolute atomic E-state index is 13.4. The summed E-state index contributed by atoms with van der Waals surface area (Å²) in [6.45, 7) is 0. The van der Waals surface area contributed by atoms with Crippen molar-refractivity contribution in [2.75, 3.05) is 7.11 Å². The van der Waals surface area contributed by atoms with E-state index in [1.807, 2.05) is 12.1 Å². The monoisotopic (exact) mass is 430 g/mol. The fourth-order valence-corrected chi connectivity index (χ4v) is 3.52. The van der Waals surface area contributed by atoms with E-state index in [0.29, 0.717) is 33.6 Å². The average molecular weight is 430 g/mol. The van der Waals surface area contributed by atoms with Crippen LogP contribution < -0.4 is 15.1 Å². The highest BCUT2D eigenvalue weighted by Crippen LogP contribution is 2.36. The van der Waals surface area contributed by atoms with E-state index in [-0.39, 0.29) is 11.3 Å². The van der Waals surface area contributed by atoms with Crippen LogP contribution in [-0.2, 0) is 0 Å². The van der Waals surface area contributed by atoms with Crippen molar-refractivity contribution in [1.29, 1.82) is 0 Å². The first-order chi connectivity index (χ1) is 15.5. The summed E-state index contributed by atoms with van der Waals surface area (Å²) in [5.41, 5.74) is 0.836. The molecule has 0 spiro atoms. The van der Waals surface area contributed by atoms with Crippen molar-refractivity contribution >= 4 is 27.9 Å². The third-order valence-corrected chi connectivity index (χ3v) is 4.98. The van der Waals surface area contributed by atoms with E-state index >= 15 is 0 Å². The van der Waals surface area contributed by atoms with Gasteiger partial charge < -0.3 is 18.3 Å². The summed E-state index contributed by atoms with van der Waals surface area (Å²) < 4.78 is 35.5. The fraction of sp³-hybridized carbons (Fsp3) is 0.0400. The predicted octanol–water partition coefficient (Wildman–Crippen LogP) is 5.57. The predicted molar refractivity (Wildman–Crippen MR) is 116 cm³/mol. The molecule has 5 aromatic rings. The zero-order valence-corrected chi connectivity index (χ0v) is 16.8.